The minimum atomic E-state index is -0.451. The normalized spacial score (nSPS) is 16.0. The first-order valence-electron chi connectivity index (χ1n) is 11.4. The van der Waals surface area contributed by atoms with Gasteiger partial charge >= 0.3 is 6.09 Å². The minimum absolute atomic E-state index is 0.204. The lowest BCUT2D eigenvalue weighted by Gasteiger charge is -2.32. The van der Waals surface area contributed by atoms with E-state index in [-0.39, 0.29) is 12.1 Å². The molecule has 0 saturated carbocycles. The standard InChI is InChI=1S/C27H36N2O2/c1-27(2,3)31-26(30)28-24-17-20-29(21-18-24)19-11-10-16-25(22-12-6-4-7-13-22)23-14-8-5-9-15-23/h4-15,24-25H,16-21H2,1-3H3,(H,28,30). The van der Waals surface area contributed by atoms with Gasteiger partial charge in [-0.25, -0.2) is 4.79 Å². The quantitative estimate of drug-likeness (QED) is 0.580. The minimum Gasteiger partial charge on any atom is -0.444 e. The van der Waals surface area contributed by atoms with Gasteiger partial charge in [0.1, 0.15) is 5.60 Å². The number of carbonyl (C=O) groups excluding carboxylic acids is 1. The molecule has 0 bridgehead atoms. The van der Waals surface area contributed by atoms with Gasteiger partial charge in [-0.1, -0.05) is 72.8 Å². The Morgan fingerprint density at radius 2 is 1.55 bits per heavy atom. The third-order valence-corrected chi connectivity index (χ3v) is 5.61. The van der Waals surface area contributed by atoms with Gasteiger partial charge in [-0.2, -0.15) is 0 Å². The Morgan fingerprint density at radius 1 is 1.00 bits per heavy atom. The Labute approximate surface area is 187 Å². The molecule has 3 rings (SSSR count). The Bertz CT molecular complexity index is 780. The zero-order chi connectivity index (χ0) is 22.1. The molecule has 1 N–H and O–H groups in total. The lowest BCUT2D eigenvalue weighted by Crippen LogP contribution is -2.46. The first kappa shape index (κ1) is 23.1. The molecule has 0 aliphatic carbocycles. The van der Waals surface area contributed by atoms with Crippen LogP contribution in [0.1, 0.15) is 57.1 Å². The number of amides is 1. The number of benzene rings is 2. The van der Waals surface area contributed by atoms with Gasteiger partial charge in [0.25, 0.3) is 0 Å². The average Bonchev–Trinajstić information content (AvgIpc) is 2.75. The summed E-state index contributed by atoms with van der Waals surface area (Å²) in [6, 6.07) is 21.7. The molecule has 2 aromatic rings. The molecule has 0 unspecified atom stereocenters. The number of nitrogens with zero attached hydrogens (tertiary/aromatic N) is 1. The highest BCUT2D eigenvalue weighted by atomic mass is 16.6. The van der Waals surface area contributed by atoms with Gasteiger partial charge in [-0.3, -0.25) is 4.90 Å². The largest absolute Gasteiger partial charge is 0.444 e. The number of hydrogen-bond acceptors (Lipinski definition) is 3. The second-order valence-electron chi connectivity index (χ2n) is 9.30. The van der Waals surface area contributed by atoms with E-state index in [1.165, 1.54) is 11.1 Å². The SMILES string of the molecule is CC(C)(C)OC(=O)NC1CCN(CC=CCC(c2ccccc2)c2ccccc2)CC1. The molecule has 1 amide bonds. The summed E-state index contributed by atoms with van der Waals surface area (Å²) in [6.45, 7) is 8.61. The maximum atomic E-state index is 12.0. The summed E-state index contributed by atoms with van der Waals surface area (Å²) in [6.07, 6.45) is 7.22. The lowest BCUT2D eigenvalue weighted by atomic mass is 9.88. The molecule has 2 aromatic carbocycles. The average molecular weight is 421 g/mol. The van der Waals surface area contributed by atoms with E-state index < -0.39 is 5.60 Å². The van der Waals surface area contributed by atoms with Gasteiger partial charge in [-0.15, -0.1) is 0 Å². The Kier molecular flexibility index (Phi) is 8.30. The Morgan fingerprint density at radius 3 is 2.06 bits per heavy atom. The van der Waals surface area contributed by atoms with E-state index in [1.54, 1.807) is 0 Å². The lowest BCUT2D eigenvalue weighted by molar-refractivity contribution is 0.0481. The fraction of sp³-hybridized carbons (Fsp3) is 0.444. The third-order valence-electron chi connectivity index (χ3n) is 5.61. The molecule has 1 saturated heterocycles. The molecular weight excluding hydrogens is 384 g/mol. The molecule has 4 heteroatoms. The van der Waals surface area contributed by atoms with Crippen molar-refractivity contribution in [2.45, 2.75) is 57.6 Å². The van der Waals surface area contributed by atoms with Crippen LogP contribution >= 0.6 is 0 Å². The van der Waals surface area contributed by atoms with Crippen molar-refractivity contribution < 1.29 is 9.53 Å². The van der Waals surface area contributed by atoms with E-state index in [2.05, 4.69) is 83.0 Å². The van der Waals surface area contributed by atoms with Crippen LogP contribution in [0.3, 0.4) is 0 Å². The Balaban J connectivity index is 1.46. The highest BCUT2D eigenvalue weighted by Gasteiger charge is 2.23. The molecular formula is C27H36N2O2. The fourth-order valence-corrected chi connectivity index (χ4v) is 4.03. The number of alkyl carbamates (subject to hydrolysis) is 1. The van der Waals surface area contributed by atoms with Crippen molar-refractivity contribution in [3.63, 3.8) is 0 Å². The molecule has 1 heterocycles. The second-order valence-corrected chi connectivity index (χ2v) is 9.30. The summed E-state index contributed by atoms with van der Waals surface area (Å²) in [5, 5.41) is 3.01. The smallest absolute Gasteiger partial charge is 0.407 e. The monoisotopic (exact) mass is 420 g/mol. The number of ether oxygens (including phenoxy) is 1. The van der Waals surface area contributed by atoms with Crippen molar-refractivity contribution in [1.82, 2.24) is 10.2 Å². The molecule has 0 aromatic heterocycles. The van der Waals surface area contributed by atoms with Crippen molar-refractivity contribution in [3.05, 3.63) is 83.9 Å². The topological polar surface area (TPSA) is 41.6 Å². The molecule has 4 nitrogen and oxygen atoms in total. The van der Waals surface area contributed by atoms with E-state index in [9.17, 15) is 4.79 Å². The van der Waals surface area contributed by atoms with Crippen LogP contribution in [0, 0.1) is 0 Å². The van der Waals surface area contributed by atoms with Crippen molar-refractivity contribution in [1.29, 1.82) is 0 Å². The summed E-state index contributed by atoms with van der Waals surface area (Å²) >= 11 is 0. The molecule has 1 fully saturated rings. The molecule has 0 radical (unpaired) electrons. The van der Waals surface area contributed by atoms with Crippen molar-refractivity contribution in [2.75, 3.05) is 19.6 Å². The molecule has 166 valence electrons. The first-order chi connectivity index (χ1) is 14.9. The number of carbonyl (C=O) groups is 1. The zero-order valence-corrected chi connectivity index (χ0v) is 19.1. The van der Waals surface area contributed by atoms with Gasteiger partial charge in [0.15, 0.2) is 0 Å². The first-order valence-corrected chi connectivity index (χ1v) is 11.4. The van der Waals surface area contributed by atoms with Gasteiger partial charge in [0, 0.05) is 31.6 Å². The van der Waals surface area contributed by atoms with Crippen LogP contribution < -0.4 is 5.32 Å². The molecule has 31 heavy (non-hydrogen) atoms. The highest BCUT2D eigenvalue weighted by molar-refractivity contribution is 5.68. The van der Waals surface area contributed by atoms with Crippen LogP contribution in [0.4, 0.5) is 4.79 Å². The van der Waals surface area contributed by atoms with Gasteiger partial charge in [-0.05, 0) is 51.2 Å². The Hall–Kier alpha value is -2.59. The van der Waals surface area contributed by atoms with Crippen LogP contribution in [0.2, 0.25) is 0 Å². The number of nitrogens with one attached hydrogen (secondary N) is 1. The number of hydrogen-bond donors (Lipinski definition) is 1. The predicted molar refractivity (Wildman–Crippen MR) is 127 cm³/mol. The van der Waals surface area contributed by atoms with E-state index in [1.807, 2.05) is 20.8 Å². The molecule has 0 spiro atoms. The van der Waals surface area contributed by atoms with Crippen LogP contribution in [-0.4, -0.2) is 42.3 Å². The van der Waals surface area contributed by atoms with Crippen molar-refractivity contribution in [3.8, 4) is 0 Å². The second kappa shape index (κ2) is 11.1. The van der Waals surface area contributed by atoms with Crippen molar-refractivity contribution in [2.24, 2.45) is 0 Å². The summed E-state index contributed by atoms with van der Waals surface area (Å²) in [5.74, 6) is 0.377. The summed E-state index contributed by atoms with van der Waals surface area (Å²) in [7, 11) is 0. The van der Waals surface area contributed by atoms with E-state index in [0.29, 0.717) is 5.92 Å². The van der Waals surface area contributed by atoms with Crippen LogP contribution in [0.25, 0.3) is 0 Å². The maximum absolute atomic E-state index is 12.0. The van der Waals surface area contributed by atoms with Gasteiger partial charge < -0.3 is 10.1 Å². The van der Waals surface area contributed by atoms with Gasteiger partial charge in [0.05, 0.1) is 0 Å². The van der Waals surface area contributed by atoms with Crippen LogP contribution in [0.15, 0.2) is 72.8 Å². The molecule has 0 atom stereocenters. The fourth-order valence-electron chi connectivity index (χ4n) is 4.03. The van der Waals surface area contributed by atoms with E-state index >= 15 is 0 Å². The number of rotatable bonds is 7. The number of likely N-dealkylation sites (tertiary alicyclic amines) is 1. The third kappa shape index (κ3) is 7.87. The van der Waals surface area contributed by atoms with Crippen LogP contribution in [0.5, 0.6) is 0 Å². The molecule has 1 aliphatic rings. The predicted octanol–water partition coefficient (Wildman–Crippen LogP) is 5.75. The number of allylic oxidation sites excluding steroid dienone is 1. The van der Waals surface area contributed by atoms with E-state index in [4.69, 9.17) is 4.74 Å². The van der Waals surface area contributed by atoms with E-state index in [0.717, 1.165) is 38.9 Å². The molecule has 1 aliphatic heterocycles. The highest BCUT2D eigenvalue weighted by Crippen LogP contribution is 2.28. The number of piperidine rings is 1. The van der Waals surface area contributed by atoms with Gasteiger partial charge in [0.2, 0.25) is 0 Å². The summed E-state index contributed by atoms with van der Waals surface area (Å²) in [5.41, 5.74) is 2.26. The zero-order valence-electron chi connectivity index (χ0n) is 19.1. The van der Waals surface area contributed by atoms with Crippen LogP contribution in [-0.2, 0) is 4.74 Å². The maximum Gasteiger partial charge on any atom is 0.407 e. The summed E-state index contributed by atoms with van der Waals surface area (Å²) in [4.78, 5) is 14.4. The summed E-state index contributed by atoms with van der Waals surface area (Å²) < 4.78 is 5.37. The van der Waals surface area contributed by atoms with Crippen molar-refractivity contribution >= 4 is 6.09 Å².